The number of carbonyl (C=O) groups is 1. The molecule has 1 rings (SSSR count). The third-order valence-corrected chi connectivity index (χ3v) is 2.48. The van der Waals surface area contributed by atoms with E-state index in [1.165, 1.54) is 12.1 Å². The largest absolute Gasteiger partial charge is 0.362 e. The van der Waals surface area contributed by atoms with E-state index >= 15 is 0 Å². The third-order valence-electron chi connectivity index (χ3n) is 2.48. The number of nitrogens with zero attached hydrogens (tertiary/aromatic N) is 2. The van der Waals surface area contributed by atoms with Crippen LogP contribution in [-0.2, 0) is 16.1 Å². The second kappa shape index (κ2) is 7.57. The van der Waals surface area contributed by atoms with Crippen molar-refractivity contribution in [2.24, 2.45) is 0 Å². The monoisotopic (exact) mass is 268 g/mol. The number of ether oxygens (including phenoxy) is 1. The number of rotatable bonds is 8. The van der Waals surface area contributed by atoms with E-state index in [4.69, 9.17) is 9.84 Å². The maximum atomic E-state index is 10.5. The molecule has 1 unspecified atom stereocenters. The molecular formula is C12H16N2O5. The highest BCUT2D eigenvalue weighted by molar-refractivity contribution is 5.53. The van der Waals surface area contributed by atoms with E-state index in [1.807, 2.05) is 11.9 Å². The SMILES string of the molecule is CN(CCOC(O)C=O)Cc1ccc([N+](=O)[O-])cc1. The minimum absolute atomic E-state index is 0.0591. The summed E-state index contributed by atoms with van der Waals surface area (Å²) in [6.45, 7) is 1.35. The summed E-state index contributed by atoms with van der Waals surface area (Å²) in [5.74, 6) is 0. The summed E-state index contributed by atoms with van der Waals surface area (Å²) < 4.78 is 4.81. The van der Waals surface area contributed by atoms with Crippen LogP contribution >= 0.6 is 0 Å². The zero-order valence-electron chi connectivity index (χ0n) is 10.6. The predicted molar refractivity (Wildman–Crippen MR) is 67.5 cm³/mol. The standard InChI is InChI=1S/C12H16N2O5/c1-13(6-7-19-12(16)9-15)8-10-2-4-11(5-3-10)14(17)18/h2-5,9,12,16H,6-8H2,1H3. The van der Waals surface area contributed by atoms with Gasteiger partial charge in [-0.1, -0.05) is 12.1 Å². The van der Waals surface area contributed by atoms with E-state index in [1.54, 1.807) is 12.1 Å². The Balaban J connectivity index is 2.37. The van der Waals surface area contributed by atoms with Crippen molar-refractivity contribution in [2.75, 3.05) is 20.2 Å². The van der Waals surface area contributed by atoms with Gasteiger partial charge in [-0.3, -0.25) is 19.8 Å². The topological polar surface area (TPSA) is 92.9 Å². The summed E-state index contributed by atoms with van der Waals surface area (Å²) in [5, 5.41) is 19.4. The van der Waals surface area contributed by atoms with Crippen molar-refractivity contribution in [1.29, 1.82) is 0 Å². The van der Waals surface area contributed by atoms with E-state index < -0.39 is 11.2 Å². The highest BCUT2D eigenvalue weighted by atomic mass is 16.6. The molecule has 0 amide bonds. The Morgan fingerprint density at radius 1 is 1.47 bits per heavy atom. The molecule has 0 aliphatic carbocycles. The van der Waals surface area contributed by atoms with Crippen molar-refractivity contribution >= 4 is 12.0 Å². The van der Waals surface area contributed by atoms with Gasteiger partial charge >= 0.3 is 0 Å². The lowest BCUT2D eigenvalue weighted by atomic mass is 10.2. The molecule has 0 aromatic heterocycles. The molecule has 1 aromatic rings. The fourth-order valence-corrected chi connectivity index (χ4v) is 1.48. The molecule has 0 fully saturated rings. The first-order valence-corrected chi connectivity index (χ1v) is 5.69. The van der Waals surface area contributed by atoms with Crippen molar-refractivity contribution in [2.45, 2.75) is 12.8 Å². The molecule has 7 heteroatoms. The minimum atomic E-state index is -1.38. The van der Waals surface area contributed by atoms with Crippen molar-refractivity contribution in [3.8, 4) is 0 Å². The maximum Gasteiger partial charge on any atom is 0.269 e. The van der Waals surface area contributed by atoms with Crippen LogP contribution < -0.4 is 0 Å². The molecule has 1 aromatic carbocycles. The van der Waals surface area contributed by atoms with Crippen molar-refractivity contribution in [1.82, 2.24) is 4.90 Å². The van der Waals surface area contributed by atoms with Gasteiger partial charge in [0.2, 0.25) is 6.29 Å². The second-order valence-corrected chi connectivity index (χ2v) is 4.06. The fraction of sp³-hybridized carbons (Fsp3) is 0.417. The molecule has 0 saturated heterocycles. The first kappa shape index (κ1) is 15.2. The number of aliphatic hydroxyl groups is 1. The number of aldehydes is 1. The molecule has 1 N–H and O–H groups in total. The number of nitro benzene ring substituents is 1. The Morgan fingerprint density at radius 2 is 2.11 bits per heavy atom. The van der Waals surface area contributed by atoms with Crippen LogP contribution in [0.15, 0.2) is 24.3 Å². The zero-order chi connectivity index (χ0) is 14.3. The van der Waals surface area contributed by atoms with Crippen LogP contribution in [0.5, 0.6) is 0 Å². The van der Waals surface area contributed by atoms with E-state index in [0.717, 1.165) is 5.56 Å². The predicted octanol–water partition coefficient (Wildman–Crippen LogP) is 0.560. The molecule has 0 bridgehead atoms. The molecule has 0 radical (unpaired) electrons. The van der Waals surface area contributed by atoms with E-state index in [2.05, 4.69) is 0 Å². The molecule has 0 heterocycles. The maximum absolute atomic E-state index is 10.5. The summed E-state index contributed by atoms with van der Waals surface area (Å²) in [5.41, 5.74) is 0.993. The molecule has 104 valence electrons. The highest BCUT2D eigenvalue weighted by Crippen LogP contribution is 2.12. The van der Waals surface area contributed by atoms with Gasteiger partial charge in [0, 0.05) is 25.2 Å². The molecule has 7 nitrogen and oxygen atoms in total. The number of non-ortho nitro benzene ring substituents is 1. The second-order valence-electron chi connectivity index (χ2n) is 4.06. The van der Waals surface area contributed by atoms with E-state index in [-0.39, 0.29) is 12.3 Å². The van der Waals surface area contributed by atoms with Gasteiger partial charge in [0.15, 0.2) is 6.29 Å². The van der Waals surface area contributed by atoms with Crippen LogP contribution in [0.3, 0.4) is 0 Å². The lowest BCUT2D eigenvalue weighted by Gasteiger charge is -2.17. The Kier molecular flexibility index (Phi) is 6.07. The molecular weight excluding hydrogens is 252 g/mol. The van der Waals surface area contributed by atoms with Gasteiger partial charge in [-0.2, -0.15) is 0 Å². The van der Waals surface area contributed by atoms with Gasteiger partial charge < -0.3 is 9.84 Å². The molecule has 0 saturated carbocycles. The first-order chi connectivity index (χ1) is 9.02. The normalized spacial score (nSPS) is 12.4. The van der Waals surface area contributed by atoms with Crippen molar-refractivity contribution in [3.63, 3.8) is 0 Å². The number of carbonyl (C=O) groups excluding carboxylic acids is 1. The van der Waals surface area contributed by atoms with E-state index in [0.29, 0.717) is 19.4 Å². The Hall–Kier alpha value is -1.83. The average Bonchev–Trinajstić information content (AvgIpc) is 2.39. The average molecular weight is 268 g/mol. The summed E-state index contributed by atoms with van der Waals surface area (Å²) >= 11 is 0. The van der Waals surface area contributed by atoms with Gasteiger partial charge in [-0.15, -0.1) is 0 Å². The summed E-state index contributed by atoms with van der Waals surface area (Å²) in [4.78, 5) is 22.1. The van der Waals surface area contributed by atoms with Crippen LogP contribution in [0.4, 0.5) is 5.69 Å². The quantitative estimate of drug-likeness (QED) is 0.320. The van der Waals surface area contributed by atoms with Gasteiger partial charge in [0.1, 0.15) is 0 Å². The number of benzene rings is 1. The molecule has 19 heavy (non-hydrogen) atoms. The first-order valence-electron chi connectivity index (χ1n) is 5.69. The van der Waals surface area contributed by atoms with Crippen LogP contribution in [0.1, 0.15) is 5.56 Å². The molecule has 0 aliphatic rings. The summed E-state index contributed by atoms with van der Waals surface area (Å²) in [6, 6.07) is 6.29. The van der Waals surface area contributed by atoms with Crippen LogP contribution in [0.2, 0.25) is 0 Å². The van der Waals surface area contributed by atoms with Crippen molar-refractivity contribution < 1.29 is 19.6 Å². The van der Waals surface area contributed by atoms with Crippen LogP contribution in [0, 0.1) is 10.1 Å². The number of hydrogen-bond donors (Lipinski definition) is 1. The van der Waals surface area contributed by atoms with Crippen molar-refractivity contribution in [3.05, 3.63) is 39.9 Å². The smallest absolute Gasteiger partial charge is 0.269 e. The van der Waals surface area contributed by atoms with Gasteiger partial charge in [0.25, 0.3) is 5.69 Å². The molecule has 1 atom stereocenters. The fourth-order valence-electron chi connectivity index (χ4n) is 1.48. The van der Waals surface area contributed by atoms with Gasteiger partial charge in [-0.25, -0.2) is 0 Å². The Bertz CT molecular complexity index is 421. The number of nitro groups is 1. The van der Waals surface area contributed by atoms with Crippen LogP contribution in [-0.4, -0.2) is 47.7 Å². The zero-order valence-corrected chi connectivity index (χ0v) is 10.6. The highest BCUT2D eigenvalue weighted by Gasteiger charge is 2.06. The molecule has 0 spiro atoms. The Labute approximate surface area is 110 Å². The third kappa shape index (κ3) is 5.56. The van der Waals surface area contributed by atoms with Crippen LogP contribution in [0.25, 0.3) is 0 Å². The Morgan fingerprint density at radius 3 is 2.63 bits per heavy atom. The lowest BCUT2D eigenvalue weighted by Crippen LogP contribution is -2.25. The number of aliphatic hydroxyl groups excluding tert-OH is 1. The number of likely N-dealkylation sites (N-methyl/N-ethyl adjacent to an activating group) is 1. The summed E-state index contributed by atoms with van der Waals surface area (Å²) in [7, 11) is 1.85. The summed E-state index contributed by atoms with van der Waals surface area (Å²) in [6.07, 6.45) is -1.07. The van der Waals surface area contributed by atoms with Gasteiger partial charge in [-0.05, 0) is 12.6 Å². The minimum Gasteiger partial charge on any atom is -0.362 e. The van der Waals surface area contributed by atoms with Gasteiger partial charge in [0.05, 0.1) is 11.5 Å². The molecule has 0 aliphatic heterocycles. The van der Waals surface area contributed by atoms with E-state index in [9.17, 15) is 14.9 Å². The number of hydrogen-bond acceptors (Lipinski definition) is 6. The lowest BCUT2D eigenvalue weighted by molar-refractivity contribution is -0.384.